The van der Waals surface area contributed by atoms with Gasteiger partial charge in [0.2, 0.25) is 5.88 Å². The molecule has 21 heavy (non-hydrogen) atoms. The van der Waals surface area contributed by atoms with Gasteiger partial charge in [-0.25, -0.2) is 8.78 Å². The van der Waals surface area contributed by atoms with Gasteiger partial charge in [0, 0.05) is 18.1 Å². The van der Waals surface area contributed by atoms with E-state index in [-0.39, 0.29) is 16.5 Å². The van der Waals surface area contributed by atoms with E-state index in [4.69, 9.17) is 10.6 Å². The summed E-state index contributed by atoms with van der Waals surface area (Å²) >= 11 is 3.03. The Morgan fingerprint density at radius 2 is 2.05 bits per heavy atom. The molecule has 1 unspecified atom stereocenters. The summed E-state index contributed by atoms with van der Waals surface area (Å²) in [6, 6.07) is 5.15. The van der Waals surface area contributed by atoms with Gasteiger partial charge in [-0.15, -0.1) is 5.10 Å². The summed E-state index contributed by atoms with van der Waals surface area (Å²) in [7, 11) is 1.47. The van der Waals surface area contributed by atoms with Crippen molar-refractivity contribution in [2.75, 3.05) is 7.11 Å². The first-order valence-electron chi connectivity index (χ1n) is 6.03. The number of nitrogens with one attached hydrogen (secondary N) is 1. The Hall–Kier alpha value is -1.64. The predicted octanol–water partition coefficient (Wildman–Crippen LogP) is 2.27. The molecule has 0 aliphatic carbocycles. The average Bonchev–Trinajstić information content (AvgIpc) is 2.52. The summed E-state index contributed by atoms with van der Waals surface area (Å²) in [5, 5.41) is 7.73. The van der Waals surface area contributed by atoms with E-state index < -0.39 is 17.7 Å². The van der Waals surface area contributed by atoms with Crippen LogP contribution in [-0.4, -0.2) is 17.3 Å². The molecule has 8 heteroatoms. The Bertz CT molecular complexity index is 624. The maximum absolute atomic E-state index is 14.0. The molecular formula is C13H13BrF2N4O. The Labute approximate surface area is 128 Å². The standard InChI is InChI=1S/C13H13BrF2N4O/c1-21-12-5-4-10(19-20-12)11(18-17)6-7-9(15)3-2-8(14)13(7)16/h2-5,11,18H,6,17H2,1H3. The minimum atomic E-state index is -0.656. The first-order chi connectivity index (χ1) is 10.1. The number of hydrazine groups is 1. The van der Waals surface area contributed by atoms with E-state index >= 15 is 0 Å². The number of methoxy groups -OCH3 is 1. The fourth-order valence-corrected chi connectivity index (χ4v) is 2.21. The van der Waals surface area contributed by atoms with Crippen molar-refractivity contribution in [3.63, 3.8) is 0 Å². The molecule has 1 heterocycles. The van der Waals surface area contributed by atoms with E-state index in [2.05, 4.69) is 31.6 Å². The van der Waals surface area contributed by atoms with Crippen LogP contribution in [0.25, 0.3) is 0 Å². The van der Waals surface area contributed by atoms with Crippen LogP contribution in [0.15, 0.2) is 28.7 Å². The van der Waals surface area contributed by atoms with Crippen LogP contribution in [-0.2, 0) is 6.42 Å². The molecule has 0 aliphatic rings. The average molecular weight is 359 g/mol. The third-order valence-corrected chi connectivity index (χ3v) is 3.59. The van der Waals surface area contributed by atoms with Gasteiger partial charge in [0.1, 0.15) is 11.6 Å². The zero-order valence-electron chi connectivity index (χ0n) is 11.1. The number of nitrogens with zero attached hydrogens (tertiary/aromatic N) is 2. The van der Waals surface area contributed by atoms with Crippen LogP contribution in [0.1, 0.15) is 17.3 Å². The van der Waals surface area contributed by atoms with Crippen LogP contribution >= 0.6 is 15.9 Å². The molecule has 2 aromatic rings. The van der Waals surface area contributed by atoms with Gasteiger partial charge >= 0.3 is 0 Å². The highest BCUT2D eigenvalue weighted by molar-refractivity contribution is 9.10. The maximum atomic E-state index is 14.0. The van der Waals surface area contributed by atoms with E-state index in [1.165, 1.54) is 19.2 Å². The maximum Gasteiger partial charge on any atom is 0.233 e. The lowest BCUT2D eigenvalue weighted by Crippen LogP contribution is -2.31. The van der Waals surface area contributed by atoms with Crippen molar-refractivity contribution in [2.24, 2.45) is 5.84 Å². The zero-order valence-corrected chi connectivity index (χ0v) is 12.7. The Balaban J connectivity index is 2.28. The van der Waals surface area contributed by atoms with Crippen LogP contribution in [0.5, 0.6) is 5.88 Å². The first kappa shape index (κ1) is 15.7. The number of aromatic nitrogens is 2. The summed E-state index contributed by atoms with van der Waals surface area (Å²) in [5.41, 5.74) is 2.86. The molecule has 1 aromatic carbocycles. The number of ether oxygens (including phenoxy) is 1. The quantitative estimate of drug-likeness (QED) is 0.487. The lowest BCUT2D eigenvalue weighted by molar-refractivity contribution is 0.388. The topological polar surface area (TPSA) is 73.1 Å². The summed E-state index contributed by atoms with van der Waals surface area (Å²) in [6.07, 6.45) is -0.00534. The SMILES string of the molecule is COc1ccc(C(Cc2c(F)ccc(Br)c2F)NN)nn1. The Kier molecular flexibility index (Phi) is 5.16. The molecule has 0 aliphatic heterocycles. The minimum Gasteiger partial charge on any atom is -0.480 e. The molecule has 0 saturated heterocycles. The molecule has 0 radical (unpaired) electrons. The van der Waals surface area contributed by atoms with Crippen LogP contribution in [0.3, 0.4) is 0 Å². The van der Waals surface area contributed by atoms with Crippen molar-refractivity contribution in [3.05, 3.63) is 51.6 Å². The highest BCUT2D eigenvalue weighted by Gasteiger charge is 2.19. The van der Waals surface area contributed by atoms with Gasteiger partial charge in [0.15, 0.2) is 0 Å². The van der Waals surface area contributed by atoms with Crippen molar-refractivity contribution in [3.8, 4) is 5.88 Å². The van der Waals surface area contributed by atoms with Gasteiger partial charge < -0.3 is 4.74 Å². The Morgan fingerprint density at radius 1 is 1.29 bits per heavy atom. The third-order valence-electron chi connectivity index (χ3n) is 2.98. The van der Waals surface area contributed by atoms with Crippen LogP contribution < -0.4 is 16.0 Å². The molecule has 5 nitrogen and oxygen atoms in total. The Morgan fingerprint density at radius 3 is 2.62 bits per heavy atom. The number of benzene rings is 1. The molecular weight excluding hydrogens is 346 g/mol. The van der Waals surface area contributed by atoms with Gasteiger partial charge in [0.25, 0.3) is 0 Å². The molecule has 0 spiro atoms. The number of rotatable bonds is 5. The second-order valence-electron chi connectivity index (χ2n) is 4.25. The van der Waals surface area contributed by atoms with E-state index in [0.29, 0.717) is 11.6 Å². The van der Waals surface area contributed by atoms with Crippen molar-refractivity contribution >= 4 is 15.9 Å². The number of hydrogen-bond acceptors (Lipinski definition) is 5. The highest BCUT2D eigenvalue weighted by atomic mass is 79.9. The van der Waals surface area contributed by atoms with E-state index in [9.17, 15) is 8.78 Å². The lowest BCUT2D eigenvalue weighted by Gasteiger charge is -2.16. The summed E-state index contributed by atoms with van der Waals surface area (Å²) < 4.78 is 32.9. The van der Waals surface area contributed by atoms with E-state index in [1.807, 2.05) is 0 Å². The fraction of sp³-hybridized carbons (Fsp3) is 0.231. The van der Waals surface area contributed by atoms with Crippen molar-refractivity contribution in [1.29, 1.82) is 0 Å². The monoisotopic (exact) mass is 358 g/mol. The van der Waals surface area contributed by atoms with Gasteiger partial charge in [-0.1, -0.05) is 0 Å². The van der Waals surface area contributed by atoms with E-state index in [1.54, 1.807) is 12.1 Å². The van der Waals surface area contributed by atoms with Crippen molar-refractivity contribution in [2.45, 2.75) is 12.5 Å². The third kappa shape index (κ3) is 3.52. The van der Waals surface area contributed by atoms with Crippen LogP contribution in [0, 0.1) is 11.6 Å². The number of hydrogen-bond donors (Lipinski definition) is 2. The number of nitrogens with two attached hydrogens (primary N) is 1. The normalized spacial score (nSPS) is 12.2. The van der Waals surface area contributed by atoms with Crippen LogP contribution in [0.2, 0.25) is 0 Å². The molecule has 112 valence electrons. The highest BCUT2D eigenvalue weighted by Crippen LogP contribution is 2.25. The molecule has 0 amide bonds. The zero-order chi connectivity index (χ0) is 15.4. The summed E-state index contributed by atoms with van der Waals surface area (Å²) in [6.45, 7) is 0. The fourth-order valence-electron chi connectivity index (χ4n) is 1.83. The lowest BCUT2D eigenvalue weighted by atomic mass is 10.0. The molecule has 0 fully saturated rings. The molecule has 3 N–H and O–H groups in total. The minimum absolute atomic E-state index is 0.00534. The molecule has 1 atom stereocenters. The number of halogens is 3. The summed E-state index contributed by atoms with van der Waals surface area (Å²) in [4.78, 5) is 0. The smallest absolute Gasteiger partial charge is 0.233 e. The van der Waals surface area contributed by atoms with Crippen molar-refractivity contribution < 1.29 is 13.5 Å². The second-order valence-corrected chi connectivity index (χ2v) is 5.10. The predicted molar refractivity (Wildman–Crippen MR) is 76.4 cm³/mol. The second kappa shape index (κ2) is 6.88. The largest absolute Gasteiger partial charge is 0.480 e. The van der Waals surface area contributed by atoms with Gasteiger partial charge in [-0.05, 0) is 34.1 Å². The molecule has 0 saturated carbocycles. The molecule has 0 bridgehead atoms. The molecule has 1 aromatic heterocycles. The van der Waals surface area contributed by atoms with Gasteiger partial charge in [0.05, 0.1) is 23.3 Å². The van der Waals surface area contributed by atoms with Crippen LogP contribution in [0.4, 0.5) is 8.78 Å². The van der Waals surface area contributed by atoms with E-state index in [0.717, 1.165) is 0 Å². The molecule has 2 rings (SSSR count). The first-order valence-corrected chi connectivity index (χ1v) is 6.82. The summed E-state index contributed by atoms with van der Waals surface area (Å²) in [5.74, 6) is 4.50. The van der Waals surface area contributed by atoms with Crippen molar-refractivity contribution in [1.82, 2.24) is 15.6 Å². The van der Waals surface area contributed by atoms with Gasteiger partial charge in [-0.3, -0.25) is 11.3 Å². The van der Waals surface area contributed by atoms with Gasteiger partial charge in [-0.2, -0.15) is 5.10 Å².